The van der Waals surface area contributed by atoms with Crippen LogP contribution in [-0.2, 0) is 0 Å². The number of anilines is 1. The number of hydrogen-bond donors (Lipinski definition) is 2. The summed E-state index contributed by atoms with van der Waals surface area (Å²) in [5.41, 5.74) is 1.92. The first-order valence-electron chi connectivity index (χ1n) is 4.87. The van der Waals surface area contributed by atoms with Crippen molar-refractivity contribution in [2.45, 2.75) is 13.0 Å². The molecule has 2 rings (SSSR count). The summed E-state index contributed by atoms with van der Waals surface area (Å²) >= 11 is 2.11. The van der Waals surface area contributed by atoms with E-state index in [0.717, 1.165) is 15.0 Å². The molecule has 1 unspecified atom stereocenters. The van der Waals surface area contributed by atoms with Gasteiger partial charge in [-0.25, -0.2) is 4.39 Å². The first-order chi connectivity index (χ1) is 7.66. The van der Waals surface area contributed by atoms with Crippen molar-refractivity contribution in [3.8, 4) is 0 Å². The molecule has 1 aromatic heterocycles. The van der Waals surface area contributed by atoms with Gasteiger partial charge in [0.15, 0.2) is 0 Å². The number of hydrogen-bond acceptors (Lipinski definition) is 2. The summed E-state index contributed by atoms with van der Waals surface area (Å²) in [5.74, 6) is -0.218. The van der Waals surface area contributed by atoms with Crippen LogP contribution >= 0.6 is 22.6 Å². The van der Waals surface area contributed by atoms with E-state index in [1.165, 1.54) is 12.1 Å². The van der Waals surface area contributed by atoms with Gasteiger partial charge in [0.25, 0.3) is 0 Å². The summed E-state index contributed by atoms with van der Waals surface area (Å²) in [4.78, 5) is 0. The van der Waals surface area contributed by atoms with Crippen molar-refractivity contribution in [3.63, 3.8) is 0 Å². The molecule has 0 aliphatic rings. The lowest BCUT2D eigenvalue weighted by molar-refractivity contribution is 0.627. The van der Waals surface area contributed by atoms with Gasteiger partial charge in [-0.05, 0) is 53.8 Å². The van der Waals surface area contributed by atoms with Gasteiger partial charge in [0.1, 0.15) is 5.82 Å². The molecule has 1 atom stereocenters. The summed E-state index contributed by atoms with van der Waals surface area (Å²) in [7, 11) is 0. The van der Waals surface area contributed by atoms with Crippen LogP contribution in [0.15, 0.2) is 30.5 Å². The lowest BCUT2D eigenvalue weighted by Gasteiger charge is -2.14. The predicted octanol–water partition coefficient (Wildman–Crippen LogP) is 3.33. The quantitative estimate of drug-likeness (QED) is 0.847. The van der Waals surface area contributed by atoms with E-state index in [9.17, 15) is 4.39 Å². The third-order valence-corrected chi connectivity index (χ3v) is 3.18. The van der Waals surface area contributed by atoms with E-state index in [4.69, 9.17) is 0 Å². The maximum atomic E-state index is 12.9. The lowest BCUT2D eigenvalue weighted by atomic mass is 10.2. The number of benzene rings is 1. The summed E-state index contributed by atoms with van der Waals surface area (Å²) in [6.07, 6.45) is 1.71. The zero-order valence-corrected chi connectivity index (χ0v) is 10.8. The third-order valence-electron chi connectivity index (χ3n) is 2.29. The largest absolute Gasteiger partial charge is 0.376 e. The number of aromatic nitrogens is 2. The molecule has 0 saturated heterocycles. The first-order valence-corrected chi connectivity index (χ1v) is 5.95. The van der Waals surface area contributed by atoms with Crippen LogP contribution in [0.1, 0.15) is 18.7 Å². The number of nitrogens with one attached hydrogen (secondary N) is 2. The highest BCUT2D eigenvalue weighted by molar-refractivity contribution is 14.1. The van der Waals surface area contributed by atoms with Crippen LogP contribution in [0.5, 0.6) is 0 Å². The average molecular weight is 331 g/mol. The minimum atomic E-state index is -0.218. The van der Waals surface area contributed by atoms with Crippen LogP contribution in [0, 0.1) is 9.39 Å². The van der Waals surface area contributed by atoms with Gasteiger partial charge in [0.2, 0.25) is 0 Å². The van der Waals surface area contributed by atoms with E-state index in [-0.39, 0.29) is 11.9 Å². The zero-order valence-electron chi connectivity index (χ0n) is 8.67. The fourth-order valence-electron chi connectivity index (χ4n) is 1.43. The summed E-state index contributed by atoms with van der Waals surface area (Å²) in [5, 5.41) is 10.1. The van der Waals surface area contributed by atoms with Gasteiger partial charge in [-0.2, -0.15) is 5.10 Å². The van der Waals surface area contributed by atoms with Crippen molar-refractivity contribution < 1.29 is 4.39 Å². The number of rotatable bonds is 3. The van der Waals surface area contributed by atoms with Gasteiger partial charge in [0, 0.05) is 15.5 Å². The molecule has 0 spiro atoms. The Hall–Kier alpha value is -1.11. The normalized spacial score (nSPS) is 12.4. The summed E-state index contributed by atoms with van der Waals surface area (Å²) in [6, 6.07) is 6.71. The second kappa shape index (κ2) is 4.82. The minimum absolute atomic E-state index is 0.112. The Balaban J connectivity index is 2.15. The molecule has 0 bridgehead atoms. The molecule has 16 heavy (non-hydrogen) atoms. The molecular weight excluding hydrogens is 320 g/mol. The highest BCUT2D eigenvalue weighted by atomic mass is 127. The monoisotopic (exact) mass is 331 g/mol. The third kappa shape index (κ3) is 2.52. The van der Waals surface area contributed by atoms with Crippen LogP contribution in [0.25, 0.3) is 0 Å². The molecule has 3 nitrogen and oxygen atoms in total. The van der Waals surface area contributed by atoms with Crippen LogP contribution < -0.4 is 5.32 Å². The van der Waals surface area contributed by atoms with Crippen LogP contribution in [0.2, 0.25) is 0 Å². The SMILES string of the molecule is CC(Nc1ccc(F)cc1I)c1ccn[nH]1. The smallest absolute Gasteiger partial charge is 0.124 e. The summed E-state index contributed by atoms with van der Waals surface area (Å²) < 4.78 is 13.8. The standard InChI is InChI=1S/C11H11FIN3/c1-7(10-4-5-14-16-10)15-11-3-2-8(12)6-9(11)13/h2-7,15H,1H3,(H,14,16). The lowest BCUT2D eigenvalue weighted by Crippen LogP contribution is -2.08. The Labute approximate surface area is 107 Å². The Morgan fingerprint density at radius 2 is 2.25 bits per heavy atom. The fraction of sp³-hybridized carbons (Fsp3) is 0.182. The van der Waals surface area contributed by atoms with Gasteiger partial charge in [0.05, 0.1) is 11.7 Å². The predicted molar refractivity (Wildman–Crippen MR) is 69.7 cm³/mol. The average Bonchev–Trinajstić information content (AvgIpc) is 2.75. The zero-order chi connectivity index (χ0) is 11.5. The van der Waals surface area contributed by atoms with Crippen molar-refractivity contribution in [1.82, 2.24) is 10.2 Å². The highest BCUT2D eigenvalue weighted by Crippen LogP contribution is 2.23. The van der Waals surface area contributed by atoms with Crippen molar-refractivity contribution in [2.75, 3.05) is 5.32 Å². The van der Waals surface area contributed by atoms with Gasteiger partial charge in [-0.15, -0.1) is 0 Å². The molecule has 0 amide bonds. The molecule has 1 heterocycles. The van der Waals surface area contributed by atoms with E-state index in [2.05, 4.69) is 38.1 Å². The Morgan fingerprint density at radius 3 is 2.88 bits per heavy atom. The van der Waals surface area contributed by atoms with E-state index in [1.807, 2.05) is 13.0 Å². The molecule has 0 saturated carbocycles. The first kappa shape index (κ1) is 11.4. The van der Waals surface area contributed by atoms with E-state index >= 15 is 0 Å². The maximum Gasteiger partial charge on any atom is 0.124 e. The molecule has 84 valence electrons. The van der Waals surface area contributed by atoms with Gasteiger partial charge < -0.3 is 5.32 Å². The second-order valence-electron chi connectivity index (χ2n) is 3.50. The number of aromatic amines is 1. The molecule has 5 heteroatoms. The Bertz CT molecular complexity index is 470. The molecule has 0 aliphatic heterocycles. The van der Waals surface area contributed by atoms with Gasteiger partial charge >= 0.3 is 0 Å². The molecular formula is C11H11FIN3. The maximum absolute atomic E-state index is 12.9. The number of H-pyrrole nitrogens is 1. The van der Waals surface area contributed by atoms with Crippen LogP contribution in [0.4, 0.5) is 10.1 Å². The van der Waals surface area contributed by atoms with E-state index in [1.54, 1.807) is 12.3 Å². The number of nitrogens with zero attached hydrogens (tertiary/aromatic N) is 1. The van der Waals surface area contributed by atoms with Crippen molar-refractivity contribution >= 4 is 28.3 Å². The van der Waals surface area contributed by atoms with Crippen LogP contribution in [-0.4, -0.2) is 10.2 Å². The Kier molecular flexibility index (Phi) is 3.42. The molecule has 2 aromatic rings. The van der Waals surface area contributed by atoms with Crippen LogP contribution in [0.3, 0.4) is 0 Å². The van der Waals surface area contributed by atoms with Gasteiger partial charge in [-0.1, -0.05) is 0 Å². The fourth-order valence-corrected chi connectivity index (χ4v) is 2.06. The van der Waals surface area contributed by atoms with E-state index in [0.29, 0.717) is 0 Å². The molecule has 1 aromatic carbocycles. The highest BCUT2D eigenvalue weighted by Gasteiger charge is 2.08. The van der Waals surface area contributed by atoms with Crippen molar-refractivity contribution in [2.24, 2.45) is 0 Å². The van der Waals surface area contributed by atoms with Crippen molar-refractivity contribution in [1.29, 1.82) is 0 Å². The van der Waals surface area contributed by atoms with Crippen molar-refractivity contribution in [3.05, 3.63) is 45.5 Å². The molecule has 2 N–H and O–H groups in total. The summed E-state index contributed by atoms with van der Waals surface area (Å²) in [6.45, 7) is 2.02. The number of halogens is 2. The molecule has 0 radical (unpaired) electrons. The minimum Gasteiger partial charge on any atom is -0.376 e. The topological polar surface area (TPSA) is 40.7 Å². The molecule has 0 aliphatic carbocycles. The Morgan fingerprint density at radius 1 is 1.44 bits per heavy atom. The second-order valence-corrected chi connectivity index (χ2v) is 4.66. The molecule has 0 fully saturated rings. The van der Waals surface area contributed by atoms with E-state index < -0.39 is 0 Å². The van der Waals surface area contributed by atoms with Gasteiger partial charge in [-0.3, -0.25) is 5.10 Å².